The zero-order chi connectivity index (χ0) is 23.4. The Morgan fingerprint density at radius 2 is 2.09 bits per heavy atom. The molecule has 0 radical (unpaired) electrons. The summed E-state index contributed by atoms with van der Waals surface area (Å²) in [6.45, 7) is 4.81. The van der Waals surface area contributed by atoms with Crippen molar-refractivity contribution in [3.05, 3.63) is 71.0 Å². The van der Waals surface area contributed by atoms with E-state index in [-0.39, 0.29) is 23.3 Å². The smallest absolute Gasteiger partial charge is 0.169 e. The number of phenolic OH excluding ortho intramolecular Hbond substituents is 1. The lowest BCUT2D eigenvalue weighted by atomic mass is 9.49. The van der Waals surface area contributed by atoms with Gasteiger partial charge in [-0.05, 0) is 62.8 Å². The molecule has 1 saturated heterocycles. The third-order valence-corrected chi connectivity index (χ3v) is 9.56. The number of likely N-dealkylation sites (tertiary alicyclic amines) is 1. The molecule has 5 aliphatic rings. The van der Waals surface area contributed by atoms with Crippen molar-refractivity contribution in [1.82, 2.24) is 4.90 Å². The Hall–Kier alpha value is -2.76. The average molecular weight is 470 g/mol. The molecule has 3 aliphatic carbocycles. The van der Waals surface area contributed by atoms with Crippen molar-refractivity contribution in [2.45, 2.75) is 62.2 Å². The van der Waals surface area contributed by atoms with E-state index < -0.39 is 5.60 Å². The second-order valence-electron chi connectivity index (χ2n) is 11.2. The first-order valence-electron chi connectivity index (χ1n) is 13.2. The maximum absolute atomic E-state index is 11.0. The van der Waals surface area contributed by atoms with Crippen molar-refractivity contribution in [3.63, 3.8) is 0 Å². The maximum atomic E-state index is 11.0. The van der Waals surface area contributed by atoms with Crippen molar-refractivity contribution in [2.75, 3.05) is 19.7 Å². The molecular formula is C30H31NO4. The summed E-state index contributed by atoms with van der Waals surface area (Å²) < 4.78 is 20.5. The van der Waals surface area contributed by atoms with E-state index in [1.807, 2.05) is 12.1 Å². The zero-order valence-electron chi connectivity index (χ0n) is 20.1. The van der Waals surface area contributed by atoms with Gasteiger partial charge in [-0.1, -0.05) is 36.4 Å². The van der Waals surface area contributed by atoms with E-state index in [1.165, 1.54) is 29.5 Å². The number of benzene rings is 2. The third-order valence-electron chi connectivity index (χ3n) is 9.56. The topological polar surface area (TPSA) is 55.1 Å². The average Bonchev–Trinajstić information content (AvgIpc) is 3.50. The van der Waals surface area contributed by atoms with E-state index in [2.05, 4.69) is 48.2 Å². The van der Waals surface area contributed by atoms with Crippen LogP contribution in [0.5, 0.6) is 11.5 Å². The van der Waals surface area contributed by atoms with Crippen LogP contribution in [-0.4, -0.2) is 41.3 Å². The molecular weight excluding hydrogens is 438 g/mol. The van der Waals surface area contributed by atoms with Gasteiger partial charge < -0.3 is 19.0 Å². The molecule has 2 fully saturated rings. The van der Waals surface area contributed by atoms with Crippen molar-refractivity contribution in [1.29, 1.82) is 0 Å². The molecule has 2 bridgehead atoms. The number of hydrogen-bond donors (Lipinski definition) is 1. The van der Waals surface area contributed by atoms with Gasteiger partial charge >= 0.3 is 0 Å². The highest BCUT2D eigenvalue weighted by Crippen LogP contribution is 2.70. The zero-order valence-corrected chi connectivity index (χ0v) is 20.1. The third kappa shape index (κ3) is 2.46. The number of aromatic hydroxyl groups is 1. The number of hydrogen-bond acceptors (Lipinski definition) is 5. The number of fused-ring (bicyclic) bond motifs is 4. The number of phenols is 1. The minimum atomic E-state index is -0.448. The second-order valence-corrected chi connectivity index (χ2v) is 11.2. The molecule has 35 heavy (non-hydrogen) atoms. The molecule has 0 unspecified atom stereocenters. The molecule has 180 valence electrons. The summed E-state index contributed by atoms with van der Waals surface area (Å²) in [5.74, 6) is 2.62. The predicted octanol–water partition coefficient (Wildman–Crippen LogP) is 5.44. The predicted molar refractivity (Wildman–Crippen MR) is 133 cm³/mol. The lowest BCUT2D eigenvalue weighted by Gasteiger charge is -2.64. The fourth-order valence-corrected chi connectivity index (χ4v) is 7.96. The summed E-state index contributed by atoms with van der Waals surface area (Å²) in [7, 11) is 0. The molecule has 5 nitrogen and oxygen atoms in total. The van der Waals surface area contributed by atoms with Crippen LogP contribution in [0.15, 0.2) is 53.0 Å². The van der Waals surface area contributed by atoms with E-state index >= 15 is 0 Å². The number of piperidine rings is 1. The molecule has 0 amide bonds. The van der Waals surface area contributed by atoms with Crippen molar-refractivity contribution < 1.29 is 19.0 Å². The van der Waals surface area contributed by atoms with Crippen LogP contribution in [0.1, 0.15) is 54.7 Å². The van der Waals surface area contributed by atoms with E-state index in [0.717, 1.165) is 55.0 Å². The molecule has 2 aliphatic heterocycles. The van der Waals surface area contributed by atoms with Crippen molar-refractivity contribution >= 4 is 11.0 Å². The quantitative estimate of drug-likeness (QED) is 0.505. The lowest BCUT2D eigenvalue weighted by Crippen LogP contribution is -2.75. The highest BCUT2D eigenvalue weighted by Gasteiger charge is 2.74. The summed E-state index contributed by atoms with van der Waals surface area (Å²) in [4.78, 5) is 2.73. The Balaban J connectivity index is 1.42. The standard InChI is InChI=1S/C30H31NO4/c1-2-3-14-33-30-16-21-20-6-4-5-7-23(20)34-26(21)28-29(30)12-13-31(17-18-8-9-18)24(30)15-19-10-11-22(32)27(35-28)25(19)29/h2-7,10-11,18,24,28,32H,8-9,12-17H2,1H3/b3-2+/t24-,28+,29+,30-/m1/s1. The first-order chi connectivity index (χ1) is 17.2. The Kier molecular flexibility index (Phi) is 4.04. The van der Waals surface area contributed by atoms with Crippen LogP contribution < -0.4 is 4.74 Å². The van der Waals surface area contributed by atoms with E-state index in [9.17, 15) is 5.11 Å². The Morgan fingerprint density at radius 3 is 2.94 bits per heavy atom. The Bertz CT molecular complexity index is 1390. The van der Waals surface area contributed by atoms with Gasteiger partial charge in [0.2, 0.25) is 0 Å². The summed E-state index contributed by atoms with van der Waals surface area (Å²) in [5, 5.41) is 12.1. The molecule has 8 rings (SSSR count). The van der Waals surface area contributed by atoms with Crippen LogP contribution in [0, 0.1) is 5.92 Å². The molecule has 1 saturated carbocycles. The molecule has 2 aromatic carbocycles. The van der Waals surface area contributed by atoms with Crippen LogP contribution in [0.2, 0.25) is 0 Å². The lowest BCUT2D eigenvalue weighted by molar-refractivity contribution is -0.201. The van der Waals surface area contributed by atoms with Crippen LogP contribution >= 0.6 is 0 Å². The summed E-state index contributed by atoms with van der Waals surface area (Å²) in [6, 6.07) is 12.5. The van der Waals surface area contributed by atoms with Gasteiger partial charge in [0, 0.05) is 35.5 Å². The summed E-state index contributed by atoms with van der Waals surface area (Å²) >= 11 is 0. The largest absolute Gasteiger partial charge is 0.504 e. The van der Waals surface area contributed by atoms with Gasteiger partial charge in [-0.3, -0.25) is 4.90 Å². The van der Waals surface area contributed by atoms with Crippen LogP contribution in [0.4, 0.5) is 0 Å². The van der Waals surface area contributed by atoms with Gasteiger partial charge in [0.25, 0.3) is 0 Å². The highest BCUT2D eigenvalue weighted by molar-refractivity contribution is 5.84. The first kappa shape index (κ1) is 20.4. The second kappa shape index (κ2) is 6.92. The molecule has 5 heteroatoms. The number of furan rings is 1. The number of para-hydroxylation sites is 1. The van der Waals surface area contributed by atoms with Crippen LogP contribution in [0.3, 0.4) is 0 Å². The number of allylic oxidation sites excluding steroid dienone is 1. The maximum Gasteiger partial charge on any atom is 0.169 e. The summed E-state index contributed by atoms with van der Waals surface area (Å²) in [5.41, 5.74) is 3.78. The Morgan fingerprint density at radius 1 is 1.20 bits per heavy atom. The number of ether oxygens (including phenoxy) is 2. The van der Waals surface area contributed by atoms with Gasteiger partial charge in [0.15, 0.2) is 17.6 Å². The van der Waals surface area contributed by atoms with Gasteiger partial charge in [0.1, 0.15) is 16.9 Å². The van der Waals surface area contributed by atoms with E-state index in [4.69, 9.17) is 13.9 Å². The van der Waals surface area contributed by atoms with Gasteiger partial charge in [-0.15, -0.1) is 0 Å². The van der Waals surface area contributed by atoms with Gasteiger partial charge in [0.05, 0.1) is 12.0 Å². The number of rotatable bonds is 5. The SMILES string of the molecule is C/C=C/CO[C@@]12Cc3c(oc4ccccc34)[C@@H]3Oc4c(O)ccc5c4[C@@]31CCN(CC1CC1)[C@@H]2C5. The highest BCUT2D eigenvalue weighted by atomic mass is 16.5. The molecule has 1 aromatic heterocycles. The van der Waals surface area contributed by atoms with Crippen molar-refractivity contribution in [2.24, 2.45) is 5.92 Å². The van der Waals surface area contributed by atoms with Gasteiger partial charge in [-0.25, -0.2) is 0 Å². The summed E-state index contributed by atoms with van der Waals surface area (Å²) in [6.07, 6.45) is 9.26. The molecule has 3 heterocycles. The minimum absolute atomic E-state index is 0.228. The fraction of sp³-hybridized carbons (Fsp3) is 0.467. The van der Waals surface area contributed by atoms with E-state index in [1.54, 1.807) is 0 Å². The minimum Gasteiger partial charge on any atom is -0.504 e. The van der Waals surface area contributed by atoms with Crippen LogP contribution in [-0.2, 0) is 23.0 Å². The molecule has 3 aromatic rings. The first-order valence-corrected chi connectivity index (χ1v) is 13.2. The monoisotopic (exact) mass is 469 g/mol. The molecule has 1 spiro atoms. The fourth-order valence-electron chi connectivity index (χ4n) is 7.96. The van der Waals surface area contributed by atoms with Crippen LogP contribution in [0.25, 0.3) is 11.0 Å². The van der Waals surface area contributed by atoms with Gasteiger partial charge in [-0.2, -0.15) is 0 Å². The molecule has 1 N–H and O–H groups in total. The molecule has 4 atom stereocenters. The van der Waals surface area contributed by atoms with Crippen molar-refractivity contribution in [3.8, 4) is 11.5 Å². The van der Waals surface area contributed by atoms with E-state index in [0.29, 0.717) is 12.4 Å². The Labute approximate surface area is 205 Å². The number of nitrogens with zero attached hydrogens (tertiary/aromatic N) is 1. The normalized spacial score (nSPS) is 32.6.